The summed E-state index contributed by atoms with van der Waals surface area (Å²) in [6, 6.07) is 0.229. The average Bonchev–Trinajstić information content (AvgIpc) is 2.34. The number of nitrogens with two attached hydrogens (primary N) is 1. The maximum atomic E-state index is 6.41. The molecule has 0 saturated heterocycles. The Bertz CT molecular complexity index is 207. The second kappa shape index (κ2) is 7.38. The van der Waals surface area contributed by atoms with Gasteiger partial charge in [0.25, 0.3) is 0 Å². The van der Waals surface area contributed by atoms with E-state index >= 15 is 0 Å². The van der Waals surface area contributed by atoms with Crippen LogP contribution in [0.15, 0.2) is 0 Å². The van der Waals surface area contributed by atoms with Crippen molar-refractivity contribution in [2.75, 3.05) is 7.11 Å². The fourth-order valence-electron chi connectivity index (χ4n) is 3.27. The summed E-state index contributed by atoms with van der Waals surface area (Å²) in [7, 11) is 1.85. The number of unbranched alkanes of at least 4 members (excludes halogenated alkanes) is 3. The van der Waals surface area contributed by atoms with Crippen LogP contribution >= 0.6 is 0 Å². The molecule has 1 fully saturated rings. The molecule has 0 aromatic rings. The smallest absolute Gasteiger partial charge is 0.0831 e. The molecule has 0 heterocycles. The van der Waals surface area contributed by atoms with Crippen molar-refractivity contribution in [1.82, 2.24) is 0 Å². The average molecular weight is 241 g/mol. The maximum Gasteiger partial charge on any atom is 0.0831 e. The van der Waals surface area contributed by atoms with Gasteiger partial charge in [-0.2, -0.15) is 0 Å². The van der Waals surface area contributed by atoms with Crippen LogP contribution < -0.4 is 5.73 Å². The highest BCUT2D eigenvalue weighted by molar-refractivity contribution is 4.95. The number of hydrogen-bond donors (Lipinski definition) is 1. The van der Waals surface area contributed by atoms with Crippen LogP contribution in [-0.4, -0.2) is 18.8 Å². The SMILES string of the molecule is CCCCCCC(N)C1(OC)CCCC(C)C1. The van der Waals surface area contributed by atoms with Crippen LogP contribution in [0.4, 0.5) is 0 Å². The van der Waals surface area contributed by atoms with Crippen molar-refractivity contribution in [1.29, 1.82) is 0 Å². The summed E-state index contributed by atoms with van der Waals surface area (Å²) < 4.78 is 5.84. The third-order valence-electron chi connectivity index (χ3n) is 4.44. The Kier molecular flexibility index (Phi) is 6.50. The van der Waals surface area contributed by atoms with Crippen molar-refractivity contribution in [2.24, 2.45) is 11.7 Å². The van der Waals surface area contributed by atoms with Crippen LogP contribution in [0.5, 0.6) is 0 Å². The molecule has 2 nitrogen and oxygen atoms in total. The normalized spacial score (nSPS) is 31.4. The fraction of sp³-hybridized carbons (Fsp3) is 1.00. The van der Waals surface area contributed by atoms with Crippen molar-refractivity contribution >= 4 is 0 Å². The molecule has 102 valence electrons. The summed E-state index contributed by atoms with van der Waals surface area (Å²) in [5.74, 6) is 0.769. The Labute approximate surface area is 107 Å². The van der Waals surface area contributed by atoms with Gasteiger partial charge in [-0.1, -0.05) is 52.4 Å². The molecule has 3 atom stereocenters. The summed E-state index contributed by atoms with van der Waals surface area (Å²) in [5.41, 5.74) is 6.39. The third-order valence-corrected chi connectivity index (χ3v) is 4.44. The van der Waals surface area contributed by atoms with E-state index in [0.29, 0.717) is 0 Å². The Balaban J connectivity index is 2.41. The first kappa shape index (κ1) is 15.0. The Morgan fingerprint density at radius 2 is 2.12 bits per heavy atom. The van der Waals surface area contributed by atoms with Gasteiger partial charge in [0.2, 0.25) is 0 Å². The van der Waals surface area contributed by atoms with Crippen LogP contribution in [0.3, 0.4) is 0 Å². The molecule has 0 spiro atoms. The minimum absolute atomic E-state index is 0.0239. The van der Waals surface area contributed by atoms with Crippen molar-refractivity contribution in [2.45, 2.75) is 83.3 Å². The lowest BCUT2D eigenvalue weighted by Crippen LogP contribution is -2.52. The van der Waals surface area contributed by atoms with Gasteiger partial charge in [0.1, 0.15) is 0 Å². The van der Waals surface area contributed by atoms with E-state index in [1.54, 1.807) is 0 Å². The predicted molar refractivity (Wildman–Crippen MR) is 74.1 cm³/mol. The second-order valence-corrected chi connectivity index (χ2v) is 5.93. The zero-order valence-electron chi connectivity index (χ0n) is 12.0. The van der Waals surface area contributed by atoms with Gasteiger partial charge in [-0.15, -0.1) is 0 Å². The minimum Gasteiger partial charge on any atom is -0.377 e. The highest BCUT2D eigenvalue weighted by atomic mass is 16.5. The number of methoxy groups -OCH3 is 1. The molecule has 0 aromatic carbocycles. The monoisotopic (exact) mass is 241 g/mol. The fourth-order valence-corrected chi connectivity index (χ4v) is 3.27. The van der Waals surface area contributed by atoms with E-state index in [9.17, 15) is 0 Å². The molecule has 1 aliphatic carbocycles. The molecule has 3 unspecified atom stereocenters. The van der Waals surface area contributed by atoms with Gasteiger partial charge in [0.15, 0.2) is 0 Å². The molecule has 0 aromatic heterocycles. The quantitative estimate of drug-likeness (QED) is 0.687. The molecule has 2 N–H and O–H groups in total. The zero-order valence-corrected chi connectivity index (χ0v) is 12.0. The van der Waals surface area contributed by atoms with Crippen molar-refractivity contribution < 1.29 is 4.74 Å². The standard InChI is InChI=1S/C15H31NO/c1-4-5-6-7-10-14(16)15(17-3)11-8-9-13(2)12-15/h13-14H,4-12,16H2,1-3H3. The largest absolute Gasteiger partial charge is 0.377 e. The first-order chi connectivity index (χ1) is 8.14. The van der Waals surface area contributed by atoms with E-state index in [4.69, 9.17) is 10.5 Å². The van der Waals surface area contributed by atoms with E-state index in [0.717, 1.165) is 25.2 Å². The second-order valence-electron chi connectivity index (χ2n) is 5.93. The Morgan fingerprint density at radius 3 is 2.71 bits per heavy atom. The lowest BCUT2D eigenvalue weighted by atomic mass is 9.73. The molecule has 17 heavy (non-hydrogen) atoms. The first-order valence-electron chi connectivity index (χ1n) is 7.45. The summed E-state index contributed by atoms with van der Waals surface area (Å²) in [6.45, 7) is 4.58. The van der Waals surface area contributed by atoms with E-state index in [2.05, 4.69) is 13.8 Å². The molecule has 2 heteroatoms. The summed E-state index contributed by atoms with van der Waals surface area (Å²) in [5, 5.41) is 0. The van der Waals surface area contributed by atoms with E-state index in [1.165, 1.54) is 38.5 Å². The van der Waals surface area contributed by atoms with Gasteiger partial charge in [-0.25, -0.2) is 0 Å². The number of rotatable bonds is 7. The first-order valence-corrected chi connectivity index (χ1v) is 7.45. The molecule has 0 amide bonds. The van der Waals surface area contributed by atoms with Crippen LogP contribution in [0.1, 0.15) is 71.6 Å². The van der Waals surface area contributed by atoms with E-state index < -0.39 is 0 Å². The summed E-state index contributed by atoms with van der Waals surface area (Å²) in [6.07, 6.45) is 11.3. The van der Waals surface area contributed by atoms with Crippen LogP contribution in [0.2, 0.25) is 0 Å². The Morgan fingerprint density at radius 1 is 1.35 bits per heavy atom. The third kappa shape index (κ3) is 4.26. The highest BCUT2D eigenvalue weighted by Gasteiger charge is 2.39. The van der Waals surface area contributed by atoms with Gasteiger partial charge >= 0.3 is 0 Å². The van der Waals surface area contributed by atoms with Crippen molar-refractivity contribution in [3.05, 3.63) is 0 Å². The molecule has 0 bridgehead atoms. The van der Waals surface area contributed by atoms with Gasteiger partial charge in [-0.05, 0) is 25.2 Å². The lowest BCUT2D eigenvalue weighted by molar-refractivity contribution is -0.0726. The zero-order chi connectivity index (χ0) is 12.7. The number of ether oxygens (including phenoxy) is 1. The maximum absolute atomic E-state index is 6.41. The minimum atomic E-state index is -0.0239. The molecular weight excluding hydrogens is 210 g/mol. The van der Waals surface area contributed by atoms with Gasteiger partial charge < -0.3 is 10.5 Å². The molecule has 1 aliphatic rings. The topological polar surface area (TPSA) is 35.2 Å². The molecule has 0 radical (unpaired) electrons. The molecule has 1 rings (SSSR count). The molecular formula is C15H31NO. The summed E-state index contributed by atoms with van der Waals surface area (Å²) >= 11 is 0. The predicted octanol–water partition coefficient (Wildman–Crippen LogP) is 3.88. The van der Waals surface area contributed by atoms with Crippen molar-refractivity contribution in [3.8, 4) is 0 Å². The molecule has 0 aliphatic heterocycles. The van der Waals surface area contributed by atoms with Crippen molar-refractivity contribution in [3.63, 3.8) is 0 Å². The van der Waals surface area contributed by atoms with Crippen LogP contribution in [0, 0.1) is 5.92 Å². The van der Waals surface area contributed by atoms with Crippen LogP contribution in [0.25, 0.3) is 0 Å². The van der Waals surface area contributed by atoms with Gasteiger partial charge in [0.05, 0.1) is 5.60 Å². The van der Waals surface area contributed by atoms with Crippen LogP contribution in [-0.2, 0) is 4.74 Å². The van der Waals surface area contributed by atoms with Gasteiger partial charge in [-0.3, -0.25) is 0 Å². The number of hydrogen-bond acceptors (Lipinski definition) is 2. The lowest BCUT2D eigenvalue weighted by Gasteiger charge is -2.43. The van der Waals surface area contributed by atoms with Gasteiger partial charge in [0, 0.05) is 13.2 Å². The van der Waals surface area contributed by atoms with E-state index in [-0.39, 0.29) is 11.6 Å². The van der Waals surface area contributed by atoms with E-state index in [1.807, 2.05) is 7.11 Å². The highest BCUT2D eigenvalue weighted by Crippen LogP contribution is 2.37. The molecule has 1 saturated carbocycles. The Hall–Kier alpha value is -0.0800. The summed E-state index contributed by atoms with van der Waals surface area (Å²) in [4.78, 5) is 0.